The second-order valence-corrected chi connectivity index (χ2v) is 4.02. The number of nitro benzene ring substituents is 1. The highest BCUT2D eigenvalue weighted by Gasteiger charge is 2.15. The predicted molar refractivity (Wildman–Crippen MR) is 75.4 cm³/mol. The zero-order valence-electron chi connectivity index (χ0n) is 11.0. The number of nitrogens with one attached hydrogen (secondary N) is 1. The van der Waals surface area contributed by atoms with E-state index >= 15 is 0 Å². The van der Waals surface area contributed by atoms with Gasteiger partial charge in [-0.25, -0.2) is 0 Å². The van der Waals surface area contributed by atoms with Crippen LogP contribution in [0.25, 0.3) is 0 Å². The fourth-order valence-electron chi connectivity index (χ4n) is 1.53. The van der Waals surface area contributed by atoms with E-state index in [1.807, 2.05) is 6.92 Å². The maximum atomic E-state index is 10.9. The number of hydrogen-bond donors (Lipinski definition) is 1. The topological polar surface area (TPSA) is 64.4 Å². The lowest BCUT2D eigenvalue weighted by atomic mass is 10.2. The highest BCUT2D eigenvalue weighted by atomic mass is 16.6. The summed E-state index contributed by atoms with van der Waals surface area (Å²) in [6.07, 6.45) is 7.54. The molecule has 0 aromatic heterocycles. The van der Waals surface area contributed by atoms with Crippen molar-refractivity contribution in [3.05, 3.63) is 28.3 Å². The molecule has 0 saturated carbocycles. The molecule has 0 aliphatic heterocycles. The minimum Gasteiger partial charge on any atom is -0.487 e. The molecular formula is C14H18N2O3. The smallest absolute Gasteiger partial charge is 0.311 e. The number of nitrogens with zero attached hydrogens (tertiary/aromatic N) is 1. The Balaban J connectivity index is 2.73. The Hall–Kier alpha value is -2.22. The van der Waals surface area contributed by atoms with E-state index in [0.29, 0.717) is 18.8 Å². The summed E-state index contributed by atoms with van der Waals surface area (Å²) >= 11 is 0. The van der Waals surface area contributed by atoms with Gasteiger partial charge in [0.1, 0.15) is 0 Å². The fraction of sp³-hybridized carbons (Fsp3) is 0.429. The lowest BCUT2D eigenvalue weighted by molar-refractivity contribution is -0.385. The molecule has 0 saturated heterocycles. The van der Waals surface area contributed by atoms with E-state index in [9.17, 15) is 10.1 Å². The van der Waals surface area contributed by atoms with Crippen molar-refractivity contribution in [2.75, 3.05) is 18.5 Å². The first-order valence-electron chi connectivity index (χ1n) is 6.27. The van der Waals surface area contributed by atoms with Crippen LogP contribution in [0.5, 0.6) is 5.75 Å². The van der Waals surface area contributed by atoms with Crippen LogP contribution in [-0.2, 0) is 0 Å². The fourth-order valence-corrected chi connectivity index (χ4v) is 1.53. The molecule has 1 rings (SSSR count). The largest absolute Gasteiger partial charge is 0.487 e. The highest BCUT2D eigenvalue weighted by Crippen LogP contribution is 2.30. The number of ether oxygens (including phenoxy) is 1. The second kappa shape index (κ2) is 7.98. The summed E-state index contributed by atoms with van der Waals surface area (Å²) in [5, 5.41) is 14.0. The Morgan fingerprint density at radius 1 is 1.53 bits per heavy atom. The minimum absolute atomic E-state index is 0.0115. The normalized spacial score (nSPS) is 9.68. The molecule has 5 heteroatoms. The molecule has 19 heavy (non-hydrogen) atoms. The van der Waals surface area contributed by atoms with E-state index in [4.69, 9.17) is 11.2 Å². The lowest BCUT2D eigenvalue weighted by Gasteiger charge is -2.09. The van der Waals surface area contributed by atoms with Crippen LogP contribution in [0.15, 0.2) is 18.2 Å². The molecule has 102 valence electrons. The van der Waals surface area contributed by atoms with Crippen LogP contribution in [0.4, 0.5) is 11.4 Å². The average molecular weight is 262 g/mol. The van der Waals surface area contributed by atoms with Crippen LogP contribution in [0.2, 0.25) is 0 Å². The monoisotopic (exact) mass is 262 g/mol. The van der Waals surface area contributed by atoms with Crippen molar-refractivity contribution in [2.24, 2.45) is 0 Å². The predicted octanol–water partition coefficient (Wildman–Crippen LogP) is 3.21. The van der Waals surface area contributed by atoms with E-state index in [2.05, 4.69) is 11.2 Å². The molecule has 0 radical (unpaired) electrons. The van der Waals surface area contributed by atoms with Gasteiger partial charge in [-0.05, 0) is 18.9 Å². The molecule has 1 aromatic rings. The van der Waals surface area contributed by atoms with E-state index in [1.54, 1.807) is 12.1 Å². The van der Waals surface area contributed by atoms with Gasteiger partial charge in [0, 0.05) is 30.8 Å². The van der Waals surface area contributed by atoms with E-state index in [1.165, 1.54) is 6.07 Å². The molecule has 0 fully saturated rings. The van der Waals surface area contributed by atoms with Gasteiger partial charge in [0.15, 0.2) is 5.75 Å². The molecule has 0 bridgehead atoms. The Morgan fingerprint density at radius 3 is 2.95 bits per heavy atom. The molecule has 0 unspecified atom stereocenters. The Labute approximate surface area is 113 Å². The van der Waals surface area contributed by atoms with Crippen molar-refractivity contribution >= 4 is 11.4 Å². The maximum absolute atomic E-state index is 10.9. The second-order valence-electron chi connectivity index (χ2n) is 4.02. The summed E-state index contributed by atoms with van der Waals surface area (Å²) in [6.45, 7) is 3.14. The van der Waals surface area contributed by atoms with E-state index < -0.39 is 4.92 Å². The summed E-state index contributed by atoms with van der Waals surface area (Å²) in [5.74, 6) is 2.86. The van der Waals surface area contributed by atoms with Crippen LogP contribution < -0.4 is 10.1 Å². The van der Waals surface area contributed by atoms with Crippen LogP contribution in [0.3, 0.4) is 0 Å². The first-order chi connectivity index (χ1) is 9.19. The number of hydrogen-bond acceptors (Lipinski definition) is 4. The van der Waals surface area contributed by atoms with Gasteiger partial charge in [-0.1, -0.05) is 6.92 Å². The first-order valence-corrected chi connectivity index (χ1v) is 6.27. The number of terminal acetylenes is 1. The van der Waals surface area contributed by atoms with E-state index in [0.717, 1.165) is 25.1 Å². The van der Waals surface area contributed by atoms with E-state index in [-0.39, 0.29) is 5.69 Å². The average Bonchev–Trinajstić information content (AvgIpc) is 2.41. The van der Waals surface area contributed by atoms with Gasteiger partial charge in [0.25, 0.3) is 0 Å². The van der Waals surface area contributed by atoms with Crippen molar-refractivity contribution in [3.63, 3.8) is 0 Å². The Bertz CT molecular complexity index is 466. The summed E-state index contributed by atoms with van der Waals surface area (Å²) < 4.78 is 5.40. The zero-order chi connectivity index (χ0) is 14.1. The lowest BCUT2D eigenvalue weighted by Crippen LogP contribution is -2.03. The minimum atomic E-state index is -0.437. The summed E-state index contributed by atoms with van der Waals surface area (Å²) in [7, 11) is 0. The quantitative estimate of drug-likeness (QED) is 0.338. The molecule has 5 nitrogen and oxygen atoms in total. The zero-order valence-corrected chi connectivity index (χ0v) is 11.0. The number of benzene rings is 1. The van der Waals surface area contributed by atoms with Crippen LogP contribution in [-0.4, -0.2) is 18.1 Å². The molecule has 0 aliphatic rings. The van der Waals surface area contributed by atoms with Crippen molar-refractivity contribution in [1.82, 2.24) is 0 Å². The van der Waals surface area contributed by atoms with Gasteiger partial charge in [-0.15, -0.1) is 12.3 Å². The van der Waals surface area contributed by atoms with Crippen molar-refractivity contribution in [1.29, 1.82) is 0 Å². The Kier molecular flexibility index (Phi) is 6.23. The van der Waals surface area contributed by atoms with Gasteiger partial charge < -0.3 is 10.1 Å². The van der Waals surface area contributed by atoms with Crippen LogP contribution >= 0.6 is 0 Å². The maximum Gasteiger partial charge on any atom is 0.311 e. The number of unbranched alkanes of at least 4 members (excludes halogenated alkanes) is 1. The summed E-state index contributed by atoms with van der Waals surface area (Å²) in [4.78, 5) is 10.4. The molecule has 0 spiro atoms. The third-order valence-electron chi connectivity index (χ3n) is 2.45. The number of rotatable bonds is 8. The standard InChI is InChI=1S/C14H18N2O3/c1-3-5-6-9-15-12-7-8-13(16(17)18)14(11-12)19-10-4-2/h1,7-8,11,15H,4-6,9-10H2,2H3. The van der Waals surface area contributed by atoms with Gasteiger partial charge in [-0.2, -0.15) is 0 Å². The Morgan fingerprint density at radius 2 is 2.32 bits per heavy atom. The molecule has 1 N–H and O–H groups in total. The van der Waals surface area contributed by atoms with Crippen molar-refractivity contribution in [2.45, 2.75) is 26.2 Å². The van der Waals surface area contributed by atoms with Gasteiger partial charge in [0.2, 0.25) is 0 Å². The molecule has 0 atom stereocenters. The van der Waals surface area contributed by atoms with Gasteiger partial charge in [-0.3, -0.25) is 10.1 Å². The molecular weight excluding hydrogens is 244 g/mol. The van der Waals surface area contributed by atoms with Crippen LogP contribution in [0, 0.1) is 22.5 Å². The SMILES string of the molecule is C#CCCCNc1ccc([N+](=O)[O-])c(OCCC)c1. The van der Waals surface area contributed by atoms with Gasteiger partial charge in [0.05, 0.1) is 11.5 Å². The molecule has 0 amide bonds. The van der Waals surface area contributed by atoms with Gasteiger partial charge >= 0.3 is 5.69 Å². The first kappa shape index (κ1) is 14.8. The summed E-state index contributed by atoms with van der Waals surface area (Å²) in [5.41, 5.74) is 0.788. The van der Waals surface area contributed by atoms with Crippen LogP contribution in [0.1, 0.15) is 26.2 Å². The van der Waals surface area contributed by atoms with Crippen molar-refractivity contribution < 1.29 is 9.66 Å². The summed E-state index contributed by atoms with van der Waals surface area (Å²) in [6, 6.07) is 4.78. The van der Waals surface area contributed by atoms with Crippen molar-refractivity contribution in [3.8, 4) is 18.1 Å². The molecule has 0 aliphatic carbocycles. The molecule has 1 aromatic carbocycles. The third-order valence-corrected chi connectivity index (χ3v) is 2.45. The number of nitro groups is 1. The molecule has 0 heterocycles. The highest BCUT2D eigenvalue weighted by molar-refractivity contribution is 5.57. The number of anilines is 1. The third kappa shape index (κ3) is 4.88.